The maximum atomic E-state index is 6.41. The van der Waals surface area contributed by atoms with Crippen LogP contribution in [0.5, 0.6) is 0 Å². The third-order valence-corrected chi connectivity index (χ3v) is 20.6. The van der Waals surface area contributed by atoms with Crippen molar-refractivity contribution in [3.05, 3.63) is 449 Å². The Balaban J connectivity index is 0.000000103. The third-order valence-electron chi connectivity index (χ3n) is 20.6. The van der Waals surface area contributed by atoms with E-state index in [1.54, 1.807) is 0 Å². The van der Waals surface area contributed by atoms with Gasteiger partial charge < -0.3 is 39.8 Å². The smallest absolute Gasteiger partial charge is 0.143 e. The molecule has 0 radical (unpaired) electrons. The topological polar surface area (TPSA) is 99.6 Å². The van der Waals surface area contributed by atoms with E-state index in [-0.39, 0.29) is 0 Å². The van der Waals surface area contributed by atoms with Gasteiger partial charge >= 0.3 is 0 Å². The molecule has 19 aromatic carbocycles. The van der Waals surface area contributed by atoms with Crippen molar-refractivity contribution in [2.45, 2.75) is 0 Å². The Hall–Kier alpha value is -15.6. The fourth-order valence-corrected chi connectivity index (χ4v) is 15.1. The molecule has 0 aliphatic carbocycles. The Morgan fingerprint density at radius 3 is 0.974 bits per heavy atom. The summed E-state index contributed by atoms with van der Waals surface area (Å²) < 4.78 is 18.8. The summed E-state index contributed by atoms with van der Waals surface area (Å²) in [6, 6.07) is 154. The van der Waals surface area contributed by atoms with Crippen LogP contribution in [0.2, 0.25) is 0 Å². The zero-order valence-corrected chi connectivity index (χ0v) is 63.4. The highest BCUT2D eigenvalue weighted by molar-refractivity contribution is 6.30. The lowest BCUT2D eigenvalue weighted by Crippen LogP contribution is -1.92. The average molecular weight is 1490 g/mol. The van der Waals surface area contributed by atoms with Crippen LogP contribution in [0.15, 0.2) is 462 Å². The molecule has 22 rings (SSSR count). The van der Waals surface area contributed by atoms with Crippen molar-refractivity contribution in [2.24, 2.45) is 0 Å². The number of hydrogen-bond donors (Lipinski definition) is 5. The number of nitrogens with one attached hydrogen (secondary N) is 5. The molecule has 0 saturated carbocycles. The molecule has 8 nitrogen and oxygen atoms in total. The first-order valence-electron chi connectivity index (χ1n) is 39.0. The first kappa shape index (κ1) is 71.9. The van der Waals surface area contributed by atoms with Crippen LogP contribution in [-0.4, -0.2) is 0 Å². The molecule has 0 atom stereocenters. The van der Waals surface area contributed by atoms with E-state index in [0.717, 1.165) is 145 Å². The second-order valence-electron chi connectivity index (χ2n) is 28.3. The molecule has 0 aliphatic rings. The monoisotopic (exact) mass is 1490 g/mol. The summed E-state index contributed by atoms with van der Waals surface area (Å²) in [6.07, 6.45) is 0. The van der Waals surface area contributed by atoms with Crippen LogP contribution in [0.25, 0.3) is 132 Å². The quantitative estimate of drug-likeness (QED) is 0.0728. The first-order chi connectivity index (χ1) is 57.5. The SMILES string of the molecule is c1ccc(-c2cccc(Nc3cc4c5ccccc5oc4c4ccccc34)c2)cc1.c1ccc(Nc2ccc(-c3cccc4c3oc3ccccc34)cc2)cc1.c1ccc(Nc2ccc3c(c2)oc2c4ccccc4c4ccccc4c32)cc1.c1ccc(Nc2cccc(-c3ccccc3)c2)cc1.c1ccc(Nc2ccccc2)cc1. The summed E-state index contributed by atoms with van der Waals surface area (Å²) >= 11 is 0. The maximum Gasteiger partial charge on any atom is 0.143 e. The van der Waals surface area contributed by atoms with E-state index in [2.05, 4.69) is 318 Å². The fourth-order valence-electron chi connectivity index (χ4n) is 15.1. The largest absolute Gasteiger partial charge is 0.455 e. The van der Waals surface area contributed by atoms with Crippen LogP contribution in [0.4, 0.5) is 56.9 Å². The van der Waals surface area contributed by atoms with Crippen molar-refractivity contribution in [3.63, 3.8) is 0 Å². The van der Waals surface area contributed by atoms with Gasteiger partial charge in [0.1, 0.15) is 33.5 Å². The Bertz CT molecular complexity index is 7040. The lowest BCUT2D eigenvalue weighted by molar-refractivity contribution is 0.670. The molecule has 8 heteroatoms. The highest BCUT2D eigenvalue weighted by Crippen LogP contribution is 2.44. The van der Waals surface area contributed by atoms with Crippen molar-refractivity contribution < 1.29 is 13.3 Å². The van der Waals surface area contributed by atoms with E-state index >= 15 is 0 Å². The molecule has 22 aromatic rings. The maximum absolute atomic E-state index is 6.41. The summed E-state index contributed by atoms with van der Waals surface area (Å²) in [4.78, 5) is 0. The van der Waals surface area contributed by atoms with Gasteiger partial charge in [-0.25, -0.2) is 0 Å². The van der Waals surface area contributed by atoms with E-state index in [4.69, 9.17) is 13.3 Å². The second kappa shape index (κ2) is 33.9. The van der Waals surface area contributed by atoms with Crippen molar-refractivity contribution in [2.75, 3.05) is 26.6 Å². The summed E-state index contributed by atoms with van der Waals surface area (Å²) in [5.41, 5.74) is 23.5. The van der Waals surface area contributed by atoms with Gasteiger partial charge in [0, 0.05) is 117 Å². The predicted octanol–water partition coefficient (Wildman–Crippen LogP) is 31.3. The molecule has 0 saturated heterocycles. The Morgan fingerprint density at radius 2 is 0.466 bits per heavy atom. The van der Waals surface area contributed by atoms with Gasteiger partial charge in [0.25, 0.3) is 0 Å². The van der Waals surface area contributed by atoms with Crippen LogP contribution in [-0.2, 0) is 0 Å². The van der Waals surface area contributed by atoms with Gasteiger partial charge in [-0.2, -0.15) is 0 Å². The number of benzene rings is 19. The van der Waals surface area contributed by atoms with Gasteiger partial charge in [-0.15, -0.1) is 0 Å². The number of furan rings is 3. The molecule has 0 aliphatic heterocycles. The molecule has 0 amide bonds. The summed E-state index contributed by atoms with van der Waals surface area (Å²) in [6.45, 7) is 0. The zero-order chi connectivity index (χ0) is 77.6. The third kappa shape index (κ3) is 16.1. The van der Waals surface area contributed by atoms with Crippen molar-refractivity contribution >= 4 is 155 Å². The van der Waals surface area contributed by atoms with E-state index in [9.17, 15) is 0 Å². The van der Waals surface area contributed by atoms with Crippen LogP contribution < -0.4 is 26.6 Å². The lowest BCUT2D eigenvalue weighted by Gasteiger charge is -2.12. The zero-order valence-electron chi connectivity index (χ0n) is 63.4. The van der Waals surface area contributed by atoms with Crippen LogP contribution >= 0.6 is 0 Å². The van der Waals surface area contributed by atoms with E-state index in [0.29, 0.717) is 0 Å². The molecule has 5 N–H and O–H groups in total. The molecule has 3 heterocycles. The van der Waals surface area contributed by atoms with Gasteiger partial charge in [0.2, 0.25) is 0 Å². The molecule has 0 fully saturated rings. The Morgan fingerprint density at radius 1 is 0.147 bits per heavy atom. The molecule has 0 bridgehead atoms. The summed E-state index contributed by atoms with van der Waals surface area (Å²) in [5.74, 6) is 0. The van der Waals surface area contributed by atoms with Gasteiger partial charge in [-0.3, -0.25) is 0 Å². The fraction of sp³-hybridized carbons (Fsp3) is 0. The van der Waals surface area contributed by atoms with Crippen molar-refractivity contribution in [1.82, 2.24) is 0 Å². The van der Waals surface area contributed by atoms with Crippen LogP contribution in [0.3, 0.4) is 0 Å². The summed E-state index contributed by atoms with van der Waals surface area (Å²) in [7, 11) is 0. The van der Waals surface area contributed by atoms with E-state index in [1.165, 1.54) is 43.8 Å². The molecule has 0 spiro atoms. The molecule has 0 unspecified atom stereocenters. The van der Waals surface area contributed by atoms with Gasteiger partial charge in [0.05, 0.1) is 0 Å². The minimum atomic E-state index is 0.900. The number of hydrogen-bond acceptors (Lipinski definition) is 8. The van der Waals surface area contributed by atoms with Crippen molar-refractivity contribution in [1.29, 1.82) is 0 Å². The molecular formula is C108H79N5O3. The molecular weight excluding hydrogens is 1420 g/mol. The molecule has 554 valence electrons. The van der Waals surface area contributed by atoms with E-state index < -0.39 is 0 Å². The highest BCUT2D eigenvalue weighted by Gasteiger charge is 2.18. The predicted molar refractivity (Wildman–Crippen MR) is 491 cm³/mol. The summed E-state index contributed by atoms with van der Waals surface area (Å²) in [5, 5.41) is 31.3. The normalized spacial score (nSPS) is 10.9. The van der Waals surface area contributed by atoms with E-state index in [1.807, 2.05) is 158 Å². The van der Waals surface area contributed by atoms with Gasteiger partial charge in [-0.1, -0.05) is 315 Å². The standard InChI is InChI=1S/C28H19NO.C26H17NO.C24H17NO.C18H15N.C12H11N/c1-2-9-19(10-3-1)20-11-8-12-21(17-20)29-26-18-25-23-14-6-7-16-27(23)30-28(25)24-15-5-4-13-22(24)26;1-2-8-17(9-3-1)27-18-14-15-23-24(16-18)28-26-22-13-7-5-11-20(22)19-10-4-6-12-21(19)25(23)26;1-2-7-18(8-3-1)25-19-15-13-17(14-16-19)20-10-6-11-22-21-9-4-5-12-23(21)26-24(20)22;1-3-8-15(9-4-1)16-10-7-13-18(14-16)19-17-11-5-2-6-12-17;1-3-7-11(8-4-1)13-12-9-5-2-6-10-12/h1-18,29H;1-16,27H;1-16,25H;1-14,19H;1-10,13H. The number of rotatable bonds is 13. The second-order valence-corrected chi connectivity index (χ2v) is 28.3. The van der Waals surface area contributed by atoms with Gasteiger partial charge in [0.15, 0.2) is 0 Å². The van der Waals surface area contributed by atoms with Crippen LogP contribution in [0, 0.1) is 0 Å². The molecule has 3 aromatic heterocycles. The average Bonchev–Trinajstić information content (AvgIpc) is 1.55. The Kier molecular flexibility index (Phi) is 21.0. The van der Waals surface area contributed by atoms with Gasteiger partial charge in [-0.05, 0) is 171 Å². The number of fused-ring (bicyclic) bond motifs is 16. The highest BCUT2D eigenvalue weighted by atomic mass is 16.3. The molecule has 116 heavy (non-hydrogen) atoms. The number of para-hydroxylation sites is 8. The van der Waals surface area contributed by atoms with Crippen molar-refractivity contribution in [3.8, 4) is 33.4 Å². The minimum Gasteiger partial charge on any atom is -0.455 e. The van der Waals surface area contributed by atoms with Crippen LogP contribution in [0.1, 0.15) is 0 Å². The Labute approximate surface area is 672 Å². The number of anilines is 10. The first-order valence-corrected chi connectivity index (χ1v) is 39.0. The lowest BCUT2D eigenvalue weighted by atomic mass is 9.97. The minimum absolute atomic E-state index is 0.900.